The average molecular weight is 307 g/mol. The van der Waals surface area contributed by atoms with E-state index in [9.17, 15) is 4.79 Å². The van der Waals surface area contributed by atoms with Crippen molar-refractivity contribution in [2.45, 2.75) is 26.4 Å². The standard InChI is InChI=1S/C15H21N3O2S/c1-3-7-18-15(19)12(11-16-6-8-20-2)10-13(17-18)14-5-4-9-21-14/h4-5,9-10,16H,3,6-8,11H2,1-2H3. The molecule has 5 nitrogen and oxygen atoms in total. The minimum absolute atomic E-state index is 0.0120. The fourth-order valence-corrected chi connectivity index (χ4v) is 2.71. The predicted molar refractivity (Wildman–Crippen MR) is 85.7 cm³/mol. The molecular weight excluding hydrogens is 286 g/mol. The first kappa shape index (κ1) is 15.9. The third-order valence-electron chi connectivity index (χ3n) is 3.06. The number of ether oxygens (including phenoxy) is 1. The van der Waals surface area contributed by atoms with Gasteiger partial charge in [0.15, 0.2) is 0 Å². The van der Waals surface area contributed by atoms with Crippen LogP contribution in [0.5, 0.6) is 0 Å². The van der Waals surface area contributed by atoms with E-state index in [1.807, 2.05) is 30.5 Å². The monoisotopic (exact) mass is 307 g/mol. The Kier molecular flexibility index (Phi) is 6.10. The predicted octanol–water partition coefficient (Wildman–Crippen LogP) is 2.12. The van der Waals surface area contributed by atoms with Gasteiger partial charge in [-0.3, -0.25) is 4.79 Å². The van der Waals surface area contributed by atoms with Crippen LogP contribution in [-0.4, -0.2) is 30.0 Å². The molecule has 0 saturated carbocycles. The lowest BCUT2D eigenvalue weighted by molar-refractivity contribution is 0.199. The molecule has 21 heavy (non-hydrogen) atoms. The maximum Gasteiger partial charge on any atom is 0.271 e. The van der Waals surface area contributed by atoms with E-state index < -0.39 is 0 Å². The van der Waals surface area contributed by atoms with Crippen LogP contribution in [0.4, 0.5) is 0 Å². The summed E-state index contributed by atoms with van der Waals surface area (Å²) in [6.45, 7) is 4.57. The van der Waals surface area contributed by atoms with Crippen molar-refractivity contribution < 1.29 is 4.74 Å². The van der Waals surface area contributed by atoms with Crippen LogP contribution < -0.4 is 10.9 Å². The second-order valence-corrected chi connectivity index (χ2v) is 5.68. The van der Waals surface area contributed by atoms with E-state index in [2.05, 4.69) is 10.4 Å². The van der Waals surface area contributed by atoms with Crippen LogP contribution in [0.15, 0.2) is 28.4 Å². The Morgan fingerprint density at radius 2 is 2.33 bits per heavy atom. The number of thiophene rings is 1. The molecule has 0 radical (unpaired) electrons. The van der Waals surface area contributed by atoms with E-state index in [0.717, 1.165) is 29.1 Å². The summed E-state index contributed by atoms with van der Waals surface area (Å²) in [5, 5.41) is 9.71. The molecule has 0 atom stereocenters. The fraction of sp³-hybridized carbons (Fsp3) is 0.467. The Balaban J connectivity index is 2.27. The Hall–Kier alpha value is -1.50. The van der Waals surface area contributed by atoms with Gasteiger partial charge in [-0.1, -0.05) is 13.0 Å². The Morgan fingerprint density at radius 1 is 1.48 bits per heavy atom. The lowest BCUT2D eigenvalue weighted by Crippen LogP contribution is -2.30. The molecule has 0 bridgehead atoms. The number of hydrogen-bond acceptors (Lipinski definition) is 5. The SMILES string of the molecule is CCCn1nc(-c2cccs2)cc(CNCCOC)c1=O. The van der Waals surface area contributed by atoms with Gasteiger partial charge in [0.2, 0.25) is 0 Å². The van der Waals surface area contributed by atoms with Crippen LogP contribution in [0.25, 0.3) is 10.6 Å². The van der Waals surface area contributed by atoms with Gasteiger partial charge < -0.3 is 10.1 Å². The van der Waals surface area contributed by atoms with E-state index in [4.69, 9.17) is 4.74 Å². The van der Waals surface area contributed by atoms with Crippen molar-refractivity contribution in [1.82, 2.24) is 15.1 Å². The molecule has 0 spiro atoms. The van der Waals surface area contributed by atoms with Gasteiger partial charge in [0.05, 0.1) is 11.5 Å². The summed E-state index contributed by atoms with van der Waals surface area (Å²) in [5.41, 5.74) is 1.60. The molecule has 0 unspecified atom stereocenters. The van der Waals surface area contributed by atoms with Gasteiger partial charge in [0.1, 0.15) is 5.69 Å². The number of nitrogens with one attached hydrogen (secondary N) is 1. The topological polar surface area (TPSA) is 56.1 Å². The van der Waals surface area contributed by atoms with E-state index >= 15 is 0 Å². The first-order chi connectivity index (χ1) is 10.3. The smallest absolute Gasteiger partial charge is 0.271 e. The molecule has 114 valence electrons. The summed E-state index contributed by atoms with van der Waals surface area (Å²) < 4.78 is 6.57. The molecule has 0 aliphatic carbocycles. The first-order valence-electron chi connectivity index (χ1n) is 7.10. The molecule has 1 N–H and O–H groups in total. The number of aromatic nitrogens is 2. The first-order valence-corrected chi connectivity index (χ1v) is 7.98. The van der Waals surface area contributed by atoms with E-state index in [1.54, 1.807) is 23.1 Å². The van der Waals surface area contributed by atoms with Crippen molar-refractivity contribution in [2.75, 3.05) is 20.3 Å². The van der Waals surface area contributed by atoms with Crippen LogP contribution in [0, 0.1) is 0 Å². The number of aryl methyl sites for hydroxylation is 1. The number of methoxy groups -OCH3 is 1. The van der Waals surface area contributed by atoms with Crippen LogP contribution in [0.3, 0.4) is 0 Å². The molecule has 6 heteroatoms. The van der Waals surface area contributed by atoms with Gasteiger partial charge in [0.25, 0.3) is 5.56 Å². The summed E-state index contributed by atoms with van der Waals surface area (Å²) in [6, 6.07) is 5.91. The quantitative estimate of drug-likeness (QED) is 0.759. The highest BCUT2D eigenvalue weighted by Crippen LogP contribution is 2.22. The van der Waals surface area contributed by atoms with Gasteiger partial charge in [-0.15, -0.1) is 11.3 Å². The number of nitrogens with zero attached hydrogens (tertiary/aromatic N) is 2. The molecule has 2 aromatic rings. The van der Waals surface area contributed by atoms with Gasteiger partial charge >= 0.3 is 0 Å². The summed E-state index contributed by atoms with van der Waals surface area (Å²) in [5.74, 6) is 0. The molecule has 0 aliphatic rings. The van der Waals surface area contributed by atoms with Gasteiger partial charge in [-0.05, 0) is 23.9 Å². The summed E-state index contributed by atoms with van der Waals surface area (Å²) in [7, 11) is 1.66. The maximum absolute atomic E-state index is 12.4. The van der Waals surface area contributed by atoms with Crippen LogP contribution in [-0.2, 0) is 17.8 Å². The highest BCUT2D eigenvalue weighted by atomic mass is 32.1. The van der Waals surface area contributed by atoms with Crippen LogP contribution in [0.2, 0.25) is 0 Å². The van der Waals surface area contributed by atoms with E-state index in [1.165, 1.54) is 0 Å². The summed E-state index contributed by atoms with van der Waals surface area (Å²) >= 11 is 1.63. The van der Waals surface area contributed by atoms with Crippen molar-refractivity contribution in [3.8, 4) is 10.6 Å². The second-order valence-electron chi connectivity index (χ2n) is 4.73. The zero-order valence-electron chi connectivity index (χ0n) is 12.5. The van der Waals surface area contributed by atoms with E-state index in [-0.39, 0.29) is 5.56 Å². The third kappa shape index (κ3) is 4.23. The highest BCUT2D eigenvalue weighted by molar-refractivity contribution is 7.13. The number of rotatable bonds is 8. The third-order valence-corrected chi connectivity index (χ3v) is 3.95. The second kappa shape index (κ2) is 8.07. The molecular formula is C15H21N3O2S. The normalized spacial score (nSPS) is 11.0. The largest absolute Gasteiger partial charge is 0.383 e. The van der Waals surface area contributed by atoms with Gasteiger partial charge in [-0.2, -0.15) is 5.10 Å². The number of hydrogen-bond donors (Lipinski definition) is 1. The molecule has 0 aliphatic heterocycles. The molecule has 0 fully saturated rings. The van der Waals surface area contributed by atoms with Crippen LogP contribution in [0.1, 0.15) is 18.9 Å². The Labute approximate surface area is 128 Å². The minimum Gasteiger partial charge on any atom is -0.383 e. The van der Waals surface area contributed by atoms with Crippen molar-refractivity contribution in [2.24, 2.45) is 0 Å². The molecule has 2 rings (SSSR count). The lowest BCUT2D eigenvalue weighted by Gasteiger charge is -2.10. The van der Waals surface area contributed by atoms with Gasteiger partial charge in [-0.25, -0.2) is 4.68 Å². The van der Waals surface area contributed by atoms with Crippen molar-refractivity contribution in [1.29, 1.82) is 0 Å². The molecule has 0 amide bonds. The average Bonchev–Trinajstić information content (AvgIpc) is 3.01. The van der Waals surface area contributed by atoms with E-state index in [0.29, 0.717) is 19.7 Å². The molecule has 0 saturated heterocycles. The van der Waals surface area contributed by atoms with Crippen molar-refractivity contribution in [3.05, 3.63) is 39.5 Å². The summed E-state index contributed by atoms with van der Waals surface area (Å²) in [4.78, 5) is 13.5. The highest BCUT2D eigenvalue weighted by Gasteiger charge is 2.10. The zero-order chi connectivity index (χ0) is 15.1. The Bertz CT molecular complexity index is 608. The van der Waals surface area contributed by atoms with Crippen LogP contribution >= 0.6 is 11.3 Å². The van der Waals surface area contributed by atoms with Crippen molar-refractivity contribution in [3.63, 3.8) is 0 Å². The van der Waals surface area contributed by atoms with Crippen molar-refractivity contribution >= 4 is 11.3 Å². The molecule has 0 aromatic carbocycles. The molecule has 2 aromatic heterocycles. The Morgan fingerprint density at radius 3 is 3.00 bits per heavy atom. The minimum atomic E-state index is -0.0120. The fourth-order valence-electron chi connectivity index (χ4n) is 2.03. The van der Waals surface area contributed by atoms with Gasteiger partial charge in [0, 0.05) is 32.3 Å². The molecule has 2 heterocycles. The zero-order valence-corrected chi connectivity index (χ0v) is 13.3. The lowest BCUT2D eigenvalue weighted by atomic mass is 10.2. The maximum atomic E-state index is 12.4. The summed E-state index contributed by atoms with van der Waals surface area (Å²) in [6.07, 6.45) is 0.886.